The number of thioether (sulfide) groups is 1. The summed E-state index contributed by atoms with van der Waals surface area (Å²) in [6, 6.07) is 24.3. The molecule has 1 N–H and O–H groups in total. The molecule has 1 aromatic heterocycles. The number of nitrogens with zero attached hydrogens (tertiary/aromatic N) is 2. The van der Waals surface area contributed by atoms with Crippen molar-refractivity contribution in [3.05, 3.63) is 110 Å². The smallest absolute Gasteiger partial charge is 0.308 e. The van der Waals surface area contributed by atoms with Crippen molar-refractivity contribution in [2.45, 2.75) is 36.6 Å². The first-order valence-electron chi connectivity index (χ1n) is 12.6. The lowest BCUT2D eigenvalue weighted by atomic mass is 9.83. The van der Waals surface area contributed by atoms with Crippen LogP contribution in [0, 0.1) is 19.8 Å². The van der Waals surface area contributed by atoms with E-state index in [1.807, 2.05) is 74.5 Å². The van der Waals surface area contributed by atoms with Gasteiger partial charge in [0.2, 0.25) is 17.7 Å². The Morgan fingerprint density at radius 2 is 1.62 bits per heavy atom. The van der Waals surface area contributed by atoms with Gasteiger partial charge in [0.1, 0.15) is 11.8 Å². The molecule has 2 aliphatic rings. The van der Waals surface area contributed by atoms with Crippen molar-refractivity contribution in [3.8, 4) is 0 Å². The number of carbonyl (C=O) groups excluding carboxylic acids is 3. The minimum atomic E-state index is -0.711. The molecule has 9 heteroatoms. The van der Waals surface area contributed by atoms with Gasteiger partial charge in [-0.15, -0.1) is 0 Å². The standard InChI is InChI=1S/C30H25N3O4S2/c1-17-11-13-21(14-12-17)33-27(35)24-23(19-8-4-3-5-9-19)26-29(38-25(24)28(33)36)32(30(37)39-26)16-22(34)31-20-10-6-7-18(2)15-20/h3-15,23-25H,16H2,1-2H3,(H,31,34)/t23-,24?,25?/m1/s1. The van der Waals surface area contributed by atoms with Gasteiger partial charge in [0, 0.05) is 16.5 Å². The summed E-state index contributed by atoms with van der Waals surface area (Å²) in [5.41, 5.74) is 4.08. The third-order valence-electron chi connectivity index (χ3n) is 7.10. The van der Waals surface area contributed by atoms with Gasteiger partial charge in [0.25, 0.3) is 0 Å². The largest absolute Gasteiger partial charge is 0.325 e. The Morgan fingerprint density at radius 3 is 2.33 bits per heavy atom. The highest BCUT2D eigenvalue weighted by molar-refractivity contribution is 8.00. The van der Waals surface area contributed by atoms with Crippen molar-refractivity contribution in [3.63, 3.8) is 0 Å². The van der Waals surface area contributed by atoms with E-state index in [1.165, 1.54) is 21.2 Å². The van der Waals surface area contributed by atoms with Crippen LogP contribution in [0.3, 0.4) is 0 Å². The molecular weight excluding hydrogens is 530 g/mol. The summed E-state index contributed by atoms with van der Waals surface area (Å²) in [5.74, 6) is -2.05. The highest BCUT2D eigenvalue weighted by Gasteiger charge is 2.56. The van der Waals surface area contributed by atoms with E-state index in [2.05, 4.69) is 5.32 Å². The number of aryl methyl sites for hydroxylation is 2. The van der Waals surface area contributed by atoms with Crippen molar-refractivity contribution in [1.29, 1.82) is 0 Å². The fraction of sp³-hybridized carbons (Fsp3) is 0.200. The zero-order valence-corrected chi connectivity index (χ0v) is 22.9. The van der Waals surface area contributed by atoms with E-state index in [4.69, 9.17) is 0 Å². The van der Waals surface area contributed by atoms with E-state index in [0.29, 0.717) is 21.3 Å². The summed E-state index contributed by atoms with van der Waals surface area (Å²) < 4.78 is 1.44. The van der Waals surface area contributed by atoms with E-state index in [-0.39, 0.29) is 29.1 Å². The van der Waals surface area contributed by atoms with Gasteiger partial charge in [-0.25, -0.2) is 4.90 Å². The molecule has 7 nitrogen and oxygen atoms in total. The summed E-state index contributed by atoms with van der Waals surface area (Å²) >= 11 is 2.27. The molecule has 196 valence electrons. The number of anilines is 2. The predicted octanol–water partition coefficient (Wildman–Crippen LogP) is 4.96. The van der Waals surface area contributed by atoms with Gasteiger partial charge >= 0.3 is 4.87 Å². The summed E-state index contributed by atoms with van der Waals surface area (Å²) in [7, 11) is 0. The lowest BCUT2D eigenvalue weighted by Gasteiger charge is -2.30. The number of amides is 3. The zero-order chi connectivity index (χ0) is 27.3. The molecule has 0 saturated carbocycles. The Labute approximate surface area is 233 Å². The molecule has 0 spiro atoms. The number of thiazole rings is 1. The van der Waals surface area contributed by atoms with Crippen LogP contribution < -0.4 is 15.1 Å². The van der Waals surface area contributed by atoms with Crippen LogP contribution >= 0.6 is 23.1 Å². The molecule has 3 atom stereocenters. The maximum Gasteiger partial charge on any atom is 0.308 e. The molecular formula is C30H25N3O4S2. The summed E-state index contributed by atoms with van der Waals surface area (Å²) in [4.78, 5) is 55.6. The van der Waals surface area contributed by atoms with Crippen molar-refractivity contribution < 1.29 is 14.4 Å². The highest BCUT2D eigenvalue weighted by atomic mass is 32.2. The first-order chi connectivity index (χ1) is 18.8. The molecule has 3 heterocycles. The summed E-state index contributed by atoms with van der Waals surface area (Å²) in [5, 5.41) is 2.72. The van der Waals surface area contributed by atoms with Gasteiger partial charge in [-0.05, 0) is 49.2 Å². The molecule has 2 aliphatic heterocycles. The lowest BCUT2D eigenvalue weighted by molar-refractivity contribution is -0.122. The van der Waals surface area contributed by atoms with E-state index >= 15 is 0 Å². The SMILES string of the molecule is Cc1ccc(N2C(=O)C3Sc4c(sc(=O)n4CC(=O)Nc4cccc(C)c4)[C@H](c4ccccc4)C3C2=O)cc1. The average Bonchev–Trinajstić information content (AvgIpc) is 3.36. The second kappa shape index (κ2) is 9.98. The number of fused-ring (bicyclic) bond motifs is 2. The second-order valence-corrected chi connectivity index (χ2v) is 12.0. The van der Waals surface area contributed by atoms with Gasteiger partial charge < -0.3 is 5.32 Å². The average molecular weight is 556 g/mol. The zero-order valence-electron chi connectivity index (χ0n) is 21.3. The Hall–Kier alpha value is -3.95. The van der Waals surface area contributed by atoms with Crippen LogP contribution in [0.1, 0.15) is 27.5 Å². The van der Waals surface area contributed by atoms with Crippen LogP contribution in [0.25, 0.3) is 0 Å². The quantitative estimate of drug-likeness (QED) is 0.352. The van der Waals surface area contributed by atoms with Crippen LogP contribution in [-0.2, 0) is 20.9 Å². The molecule has 39 heavy (non-hydrogen) atoms. The Kier molecular flexibility index (Phi) is 6.48. The first kappa shape index (κ1) is 25.3. The molecule has 1 fully saturated rings. The van der Waals surface area contributed by atoms with Gasteiger partial charge in [0.15, 0.2) is 0 Å². The number of nitrogens with one attached hydrogen (secondary N) is 1. The van der Waals surface area contributed by atoms with Gasteiger partial charge in [-0.1, -0.05) is 83.3 Å². The highest BCUT2D eigenvalue weighted by Crippen LogP contribution is 2.53. The van der Waals surface area contributed by atoms with Crippen molar-refractivity contribution >= 4 is 52.2 Å². The van der Waals surface area contributed by atoms with Crippen molar-refractivity contribution in [2.75, 3.05) is 10.2 Å². The molecule has 0 radical (unpaired) electrons. The number of hydrogen-bond acceptors (Lipinski definition) is 6. The number of aromatic nitrogens is 1. The Morgan fingerprint density at radius 1 is 0.872 bits per heavy atom. The molecule has 3 aromatic carbocycles. The molecule has 3 amide bonds. The number of hydrogen-bond donors (Lipinski definition) is 1. The van der Waals surface area contributed by atoms with Gasteiger partial charge in [0.05, 0.1) is 16.6 Å². The maximum atomic E-state index is 13.9. The summed E-state index contributed by atoms with van der Waals surface area (Å²) in [6.07, 6.45) is 0. The third kappa shape index (κ3) is 4.51. The molecule has 4 aromatic rings. The van der Waals surface area contributed by atoms with Gasteiger partial charge in [-0.3, -0.25) is 23.7 Å². The molecule has 0 aliphatic carbocycles. The number of benzene rings is 3. The van der Waals surface area contributed by atoms with E-state index in [0.717, 1.165) is 28.0 Å². The van der Waals surface area contributed by atoms with Crippen LogP contribution in [0.2, 0.25) is 0 Å². The van der Waals surface area contributed by atoms with Crippen LogP contribution in [0.15, 0.2) is 88.7 Å². The first-order valence-corrected chi connectivity index (χ1v) is 14.3. The molecule has 0 bridgehead atoms. The van der Waals surface area contributed by atoms with Crippen molar-refractivity contribution in [2.24, 2.45) is 5.92 Å². The number of carbonyl (C=O) groups is 3. The molecule has 1 saturated heterocycles. The summed E-state index contributed by atoms with van der Waals surface area (Å²) in [6.45, 7) is 3.70. The van der Waals surface area contributed by atoms with Gasteiger partial charge in [-0.2, -0.15) is 0 Å². The minimum Gasteiger partial charge on any atom is -0.325 e. The van der Waals surface area contributed by atoms with Crippen LogP contribution in [0.4, 0.5) is 11.4 Å². The lowest BCUT2D eigenvalue weighted by Crippen LogP contribution is -2.33. The van der Waals surface area contributed by atoms with E-state index in [9.17, 15) is 19.2 Å². The number of rotatable bonds is 5. The molecule has 6 rings (SSSR count). The normalized spacial score (nSPS) is 20.1. The Bertz CT molecular complexity index is 1660. The van der Waals surface area contributed by atoms with Crippen LogP contribution in [0.5, 0.6) is 0 Å². The second-order valence-electron chi connectivity index (χ2n) is 9.84. The Balaban J connectivity index is 1.40. The fourth-order valence-corrected chi connectivity index (χ4v) is 8.06. The monoisotopic (exact) mass is 555 g/mol. The predicted molar refractivity (Wildman–Crippen MR) is 153 cm³/mol. The minimum absolute atomic E-state index is 0.186. The topological polar surface area (TPSA) is 88.5 Å². The van der Waals surface area contributed by atoms with E-state index < -0.39 is 17.1 Å². The third-order valence-corrected chi connectivity index (χ3v) is 9.71. The maximum absolute atomic E-state index is 13.9. The fourth-order valence-electron chi connectivity index (χ4n) is 5.29. The van der Waals surface area contributed by atoms with Crippen LogP contribution in [-0.4, -0.2) is 27.5 Å². The van der Waals surface area contributed by atoms with Crippen molar-refractivity contribution in [1.82, 2.24) is 4.57 Å². The number of imide groups is 1. The molecule has 2 unspecified atom stereocenters. The van der Waals surface area contributed by atoms with E-state index in [1.54, 1.807) is 18.2 Å².